The van der Waals surface area contributed by atoms with Gasteiger partial charge in [-0.25, -0.2) is 18.1 Å². The number of aliphatic hydroxyl groups excluding tert-OH is 1. The van der Waals surface area contributed by atoms with Gasteiger partial charge in [0.1, 0.15) is 0 Å². The summed E-state index contributed by atoms with van der Waals surface area (Å²) in [4.78, 5) is 3.83. The van der Waals surface area contributed by atoms with Gasteiger partial charge in [0, 0.05) is 31.0 Å². The van der Waals surface area contributed by atoms with Gasteiger partial charge < -0.3 is 5.11 Å². The van der Waals surface area contributed by atoms with E-state index in [1.807, 2.05) is 6.92 Å². The predicted octanol–water partition coefficient (Wildman–Crippen LogP) is 0.0943. The van der Waals surface area contributed by atoms with E-state index in [9.17, 15) is 8.42 Å². The quantitative estimate of drug-likeness (QED) is 0.815. The number of hydrogen-bond acceptors (Lipinski definition) is 5. The molecule has 0 radical (unpaired) electrons. The molecule has 0 fully saturated rings. The van der Waals surface area contributed by atoms with Crippen LogP contribution in [0.15, 0.2) is 29.6 Å². The van der Waals surface area contributed by atoms with Crippen molar-refractivity contribution in [2.24, 2.45) is 7.05 Å². The molecule has 0 spiro atoms. The van der Waals surface area contributed by atoms with Gasteiger partial charge in [0.05, 0.1) is 12.8 Å². The van der Waals surface area contributed by atoms with Crippen LogP contribution in [-0.2, 0) is 30.2 Å². The minimum atomic E-state index is -3.67. The fraction of sp³-hybridized carbons (Fsp3) is 0.333. The summed E-state index contributed by atoms with van der Waals surface area (Å²) in [6.45, 7) is 1.85. The molecule has 20 heavy (non-hydrogen) atoms. The first-order valence-corrected chi connectivity index (χ1v) is 7.45. The van der Waals surface area contributed by atoms with Gasteiger partial charge >= 0.3 is 0 Å². The third kappa shape index (κ3) is 3.03. The number of rotatable bonds is 5. The second kappa shape index (κ2) is 5.70. The van der Waals surface area contributed by atoms with Crippen molar-refractivity contribution in [3.63, 3.8) is 0 Å². The number of nitrogens with one attached hydrogen (secondary N) is 1. The van der Waals surface area contributed by atoms with Crippen molar-refractivity contribution < 1.29 is 13.5 Å². The summed E-state index contributed by atoms with van der Waals surface area (Å²) in [5.74, 6) is 0. The van der Waals surface area contributed by atoms with Crippen LogP contribution in [0.1, 0.15) is 16.8 Å². The maximum Gasteiger partial charge on any atom is 0.258 e. The summed E-state index contributed by atoms with van der Waals surface area (Å²) in [5, 5.41) is 12.9. The van der Waals surface area contributed by atoms with Crippen LogP contribution >= 0.6 is 0 Å². The normalized spacial score (nSPS) is 11.8. The molecule has 2 N–H and O–H groups in total. The highest BCUT2D eigenvalue weighted by Crippen LogP contribution is 2.09. The highest BCUT2D eigenvalue weighted by Gasteiger charge is 2.16. The van der Waals surface area contributed by atoms with E-state index in [-0.39, 0.29) is 18.2 Å². The lowest BCUT2D eigenvalue weighted by molar-refractivity contribution is 0.281. The van der Waals surface area contributed by atoms with E-state index >= 15 is 0 Å². The van der Waals surface area contributed by atoms with Crippen LogP contribution < -0.4 is 4.72 Å². The summed E-state index contributed by atoms with van der Waals surface area (Å²) < 4.78 is 28.3. The van der Waals surface area contributed by atoms with E-state index < -0.39 is 10.0 Å². The van der Waals surface area contributed by atoms with Gasteiger partial charge in [-0.2, -0.15) is 5.10 Å². The maximum atomic E-state index is 12.1. The molecular formula is C12H16N4O3S. The van der Waals surface area contributed by atoms with E-state index in [1.54, 1.807) is 17.9 Å². The van der Waals surface area contributed by atoms with Crippen LogP contribution in [0.25, 0.3) is 0 Å². The highest BCUT2D eigenvalue weighted by atomic mass is 32.2. The SMILES string of the molecule is Cc1c(CNS(=O)(=O)c2ccc(CO)cn2)cnn1C. The molecule has 0 bridgehead atoms. The number of hydrogen-bond donors (Lipinski definition) is 2. The molecule has 0 saturated heterocycles. The van der Waals surface area contributed by atoms with E-state index in [2.05, 4.69) is 14.8 Å². The van der Waals surface area contributed by atoms with Gasteiger partial charge in [-0.05, 0) is 18.6 Å². The second-order valence-electron chi connectivity index (χ2n) is 4.37. The van der Waals surface area contributed by atoms with Crippen molar-refractivity contribution in [1.29, 1.82) is 0 Å². The van der Waals surface area contributed by atoms with Gasteiger partial charge in [0.25, 0.3) is 10.0 Å². The zero-order chi connectivity index (χ0) is 14.8. The summed E-state index contributed by atoms with van der Waals surface area (Å²) in [6.07, 6.45) is 2.96. The first-order chi connectivity index (χ1) is 9.44. The Balaban J connectivity index is 2.12. The molecule has 2 heterocycles. The van der Waals surface area contributed by atoms with Crippen LogP contribution in [0, 0.1) is 6.92 Å². The lowest BCUT2D eigenvalue weighted by Gasteiger charge is -2.06. The van der Waals surface area contributed by atoms with Crippen LogP contribution in [0.2, 0.25) is 0 Å². The number of aromatic nitrogens is 3. The number of nitrogens with zero attached hydrogens (tertiary/aromatic N) is 3. The van der Waals surface area contributed by atoms with Crippen molar-refractivity contribution in [1.82, 2.24) is 19.5 Å². The fourth-order valence-corrected chi connectivity index (χ4v) is 2.56. The Morgan fingerprint density at radius 1 is 1.35 bits per heavy atom. The Kier molecular flexibility index (Phi) is 4.17. The Labute approximate surface area is 117 Å². The van der Waals surface area contributed by atoms with E-state index in [0.29, 0.717) is 5.56 Å². The number of aliphatic hydroxyl groups is 1. The van der Waals surface area contributed by atoms with Gasteiger partial charge in [-0.1, -0.05) is 6.07 Å². The van der Waals surface area contributed by atoms with E-state index in [4.69, 9.17) is 5.11 Å². The van der Waals surface area contributed by atoms with Crippen molar-refractivity contribution in [2.75, 3.05) is 0 Å². The fourth-order valence-electron chi connectivity index (χ4n) is 1.63. The smallest absolute Gasteiger partial charge is 0.258 e. The largest absolute Gasteiger partial charge is 0.392 e. The third-order valence-electron chi connectivity index (χ3n) is 3.05. The average Bonchev–Trinajstić information content (AvgIpc) is 2.77. The topological polar surface area (TPSA) is 97.1 Å². The first-order valence-electron chi connectivity index (χ1n) is 5.97. The molecule has 108 valence electrons. The Morgan fingerprint density at radius 3 is 2.60 bits per heavy atom. The molecule has 0 atom stereocenters. The maximum absolute atomic E-state index is 12.1. The predicted molar refractivity (Wildman–Crippen MR) is 72.1 cm³/mol. The Morgan fingerprint density at radius 2 is 2.10 bits per heavy atom. The molecule has 0 aliphatic heterocycles. The van der Waals surface area contributed by atoms with Gasteiger partial charge in [-0.3, -0.25) is 4.68 Å². The zero-order valence-corrected chi connectivity index (χ0v) is 12.1. The number of sulfonamides is 1. The van der Waals surface area contributed by atoms with Gasteiger partial charge in [0.15, 0.2) is 5.03 Å². The van der Waals surface area contributed by atoms with E-state index in [1.165, 1.54) is 18.3 Å². The lowest BCUT2D eigenvalue weighted by atomic mass is 10.3. The zero-order valence-electron chi connectivity index (χ0n) is 11.2. The highest BCUT2D eigenvalue weighted by molar-refractivity contribution is 7.89. The third-order valence-corrected chi connectivity index (χ3v) is 4.36. The summed E-state index contributed by atoms with van der Waals surface area (Å²) in [7, 11) is -1.88. The molecule has 0 amide bonds. The van der Waals surface area contributed by atoms with Crippen molar-refractivity contribution in [3.05, 3.63) is 41.3 Å². The van der Waals surface area contributed by atoms with E-state index in [0.717, 1.165) is 11.3 Å². The van der Waals surface area contributed by atoms with Gasteiger partial charge in [-0.15, -0.1) is 0 Å². The lowest BCUT2D eigenvalue weighted by Crippen LogP contribution is -2.24. The van der Waals surface area contributed by atoms with Crippen LogP contribution in [0.3, 0.4) is 0 Å². The molecule has 2 aromatic heterocycles. The molecule has 2 aromatic rings. The minimum absolute atomic E-state index is 0.0729. The minimum Gasteiger partial charge on any atom is -0.392 e. The molecule has 2 rings (SSSR count). The molecule has 0 unspecified atom stereocenters. The van der Waals surface area contributed by atoms with Crippen molar-refractivity contribution in [2.45, 2.75) is 25.1 Å². The summed E-state index contributed by atoms with van der Waals surface area (Å²) in [5.41, 5.74) is 2.27. The average molecular weight is 296 g/mol. The Hall–Kier alpha value is -1.77. The Bertz CT molecular complexity index is 692. The van der Waals surface area contributed by atoms with Crippen molar-refractivity contribution in [3.8, 4) is 0 Å². The molecule has 7 nitrogen and oxygen atoms in total. The first kappa shape index (κ1) is 14.6. The molecule has 0 saturated carbocycles. The van der Waals surface area contributed by atoms with Crippen LogP contribution in [-0.4, -0.2) is 28.3 Å². The molecule has 0 aliphatic carbocycles. The monoisotopic (exact) mass is 296 g/mol. The number of pyridine rings is 1. The molecular weight excluding hydrogens is 280 g/mol. The van der Waals surface area contributed by atoms with Crippen molar-refractivity contribution >= 4 is 10.0 Å². The summed E-state index contributed by atoms with van der Waals surface area (Å²) >= 11 is 0. The van der Waals surface area contributed by atoms with Gasteiger partial charge in [0.2, 0.25) is 0 Å². The molecule has 0 aliphatic rings. The van der Waals surface area contributed by atoms with Crippen LogP contribution in [0.5, 0.6) is 0 Å². The summed E-state index contributed by atoms with van der Waals surface area (Å²) in [6, 6.07) is 2.89. The standard InChI is InChI=1S/C12H16N4O3S/c1-9-11(6-14-16(9)2)7-15-20(18,19)12-4-3-10(8-17)5-13-12/h3-6,15,17H,7-8H2,1-2H3. The van der Waals surface area contributed by atoms with Crippen LogP contribution in [0.4, 0.5) is 0 Å². The molecule has 8 heteroatoms. The number of aryl methyl sites for hydroxylation is 1. The second-order valence-corrected chi connectivity index (χ2v) is 6.08. The molecule has 0 aromatic carbocycles.